The van der Waals surface area contributed by atoms with E-state index in [9.17, 15) is 9.59 Å². The van der Waals surface area contributed by atoms with E-state index in [1.807, 2.05) is 13.0 Å². The molecule has 0 saturated heterocycles. The van der Waals surface area contributed by atoms with E-state index in [1.54, 1.807) is 24.3 Å². The Kier molecular flexibility index (Phi) is 7.33. The zero-order chi connectivity index (χ0) is 20.0. The number of ether oxygens (including phenoxy) is 3. The summed E-state index contributed by atoms with van der Waals surface area (Å²) in [4.78, 5) is 24.1. The molecular formula is C19H19Cl2NO5. The molecule has 0 saturated carbocycles. The van der Waals surface area contributed by atoms with Crippen LogP contribution in [0.15, 0.2) is 36.4 Å². The normalized spacial score (nSPS) is 11.4. The maximum Gasteiger partial charge on any atom is 0.344 e. The second-order valence-electron chi connectivity index (χ2n) is 5.69. The van der Waals surface area contributed by atoms with Crippen LogP contribution in [-0.2, 0) is 14.3 Å². The predicted octanol–water partition coefficient (Wildman–Crippen LogP) is 4.26. The van der Waals surface area contributed by atoms with Gasteiger partial charge in [0.05, 0.1) is 17.8 Å². The number of halogens is 2. The highest BCUT2D eigenvalue weighted by atomic mass is 35.5. The number of aryl methyl sites for hydroxylation is 1. The molecule has 1 unspecified atom stereocenters. The lowest BCUT2D eigenvalue weighted by Gasteiger charge is -2.15. The van der Waals surface area contributed by atoms with Crippen molar-refractivity contribution < 1.29 is 23.8 Å². The first-order valence-corrected chi connectivity index (χ1v) is 8.78. The van der Waals surface area contributed by atoms with Crippen molar-refractivity contribution in [2.75, 3.05) is 19.0 Å². The molecule has 0 aliphatic carbocycles. The summed E-state index contributed by atoms with van der Waals surface area (Å²) in [6.07, 6.45) is -1.03. The molecule has 8 heteroatoms. The van der Waals surface area contributed by atoms with Crippen molar-refractivity contribution in [2.45, 2.75) is 20.0 Å². The first-order valence-electron chi connectivity index (χ1n) is 8.03. The Morgan fingerprint density at radius 2 is 1.85 bits per heavy atom. The zero-order valence-corrected chi connectivity index (χ0v) is 16.6. The first-order chi connectivity index (χ1) is 12.8. The number of benzene rings is 2. The molecule has 2 rings (SSSR count). The van der Waals surface area contributed by atoms with E-state index >= 15 is 0 Å². The lowest BCUT2D eigenvalue weighted by molar-refractivity contribution is -0.155. The van der Waals surface area contributed by atoms with Crippen molar-refractivity contribution in [3.63, 3.8) is 0 Å². The standard InChI is InChI=1S/C19H19Cl2NO5/c1-11-4-7-16(17(8-11)25-3)26-10-18(23)27-12(2)19(24)22-15-6-5-13(20)9-14(15)21/h4-9,12H,10H2,1-3H3,(H,22,24). The summed E-state index contributed by atoms with van der Waals surface area (Å²) in [5.74, 6) is -0.306. The molecule has 1 amide bonds. The minimum Gasteiger partial charge on any atom is -0.493 e. The highest BCUT2D eigenvalue weighted by Gasteiger charge is 2.19. The number of nitrogens with one attached hydrogen (secondary N) is 1. The molecule has 144 valence electrons. The Morgan fingerprint density at radius 1 is 1.11 bits per heavy atom. The van der Waals surface area contributed by atoms with Crippen molar-refractivity contribution in [2.24, 2.45) is 0 Å². The van der Waals surface area contributed by atoms with Crippen LogP contribution in [0.1, 0.15) is 12.5 Å². The topological polar surface area (TPSA) is 73.9 Å². The van der Waals surface area contributed by atoms with Crippen LogP contribution >= 0.6 is 23.2 Å². The van der Waals surface area contributed by atoms with Gasteiger partial charge in [-0.15, -0.1) is 0 Å². The molecule has 2 aromatic carbocycles. The quantitative estimate of drug-likeness (QED) is 0.688. The van der Waals surface area contributed by atoms with Crippen LogP contribution in [0.2, 0.25) is 10.0 Å². The molecule has 6 nitrogen and oxygen atoms in total. The van der Waals surface area contributed by atoms with Gasteiger partial charge in [0, 0.05) is 5.02 Å². The van der Waals surface area contributed by atoms with Gasteiger partial charge in [0.15, 0.2) is 24.2 Å². The zero-order valence-electron chi connectivity index (χ0n) is 15.0. The Morgan fingerprint density at radius 3 is 2.52 bits per heavy atom. The predicted molar refractivity (Wildman–Crippen MR) is 104 cm³/mol. The van der Waals surface area contributed by atoms with Crippen molar-refractivity contribution in [3.8, 4) is 11.5 Å². The fourth-order valence-corrected chi connectivity index (χ4v) is 2.60. The molecule has 0 aliphatic heterocycles. The molecule has 0 aromatic heterocycles. The summed E-state index contributed by atoms with van der Waals surface area (Å²) in [5.41, 5.74) is 1.36. The van der Waals surface area contributed by atoms with E-state index in [1.165, 1.54) is 20.1 Å². The Balaban J connectivity index is 1.88. The van der Waals surface area contributed by atoms with Crippen molar-refractivity contribution >= 4 is 40.8 Å². The molecule has 0 aliphatic rings. The highest BCUT2D eigenvalue weighted by molar-refractivity contribution is 6.36. The second kappa shape index (κ2) is 9.48. The number of anilines is 1. The number of hydrogen-bond acceptors (Lipinski definition) is 5. The van der Waals surface area contributed by atoms with Crippen LogP contribution in [0.3, 0.4) is 0 Å². The van der Waals surface area contributed by atoms with Crippen molar-refractivity contribution in [3.05, 3.63) is 52.0 Å². The summed E-state index contributed by atoms with van der Waals surface area (Å²) in [6, 6.07) is 9.95. The van der Waals surface area contributed by atoms with Crippen LogP contribution in [0.4, 0.5) is 5.69 Å². The van der Waals surface area contributed by atoms with E-state index in [4.69, 9.17) is 37.4 Å². The number of carbonyl (C=O) groups is 2. The van der Waals surface area contributed by atoms with Crippen LogP contribution in [-0.4, -0.2) is 31.7 Å². The van der Waals surface area contributed by atoms with Crippen molar-refractivity contribution in [1.82, 2.24) is 0 Å². The summed E-state index contributed by atoms with van der Waals surface area (Å²) in [5, 5.41) is 3.30. The van der Waals surface area contributed by atoms with Gasteiger partial charge in [-0.25, -0.2) is 4.79 Å². The SMILES string of the molecule is COc1cc(C)ccc1OCC(=O)OC(C)C(=O)Nc1ccc(Cl)cc1Cl. The van der Waals surface area contributed by atoms with Crippen LogP contribution in [0.5, 0.6) is 11.5 Å². The largest absolute Gasteiger partial charge is 0.493 e. The second-order valence-corrected chi connectivity index (χ2v) is 6.53. The molecular weight excluding hydrogens is 393 g/mol. The van der Waals surface area contributed by atoms with Gasteiger partial charge in [-0.05, 0) is 49.7 Å². The fraction of sp³-hybridized carbons (Fsp3) is 0.263. The van der Waals surface area contributed by atoms with Gasteiger partial charge in [-0.3, -0.25) is 4.79 Å². The van der Waals surface area contributed by atoms with E-state index < -0.39 is 18.0 Å². The van der Waals surface area contributed by atoms with Gasteiger partial charge in [-0.1, -0.05) is 29.3 Å². The van der Waals surface area contributed by atoms with Crippen LogP contribution < -0.4 is 14.8 Å². The molecule has 0 heterocycles. The maximum absolute atomic E-state index is 12.2. The Bertz CT molecular complexity index is 841. The Labute approximate surface area is 167 Å². The Hall–Kier alpha value is -2.44. The van der Waals surface area contributed by atoms with Gasteiger partial charge in [0.2, 0.25) is 0 Å². The minimum absolute atomic E-state index is 0.282. The minimum atomic E-state index is -1.03. The number of methoxy groups -OCH3 is 1. The summed E-state index contributed by atoms with van der Waals surface area (Å²) >= 11 is 11.8. The number of esters is 1. The summed E-state index contributed by atoms with van der Waals surface area (Å²) in [6.45, 7) is 3.00. The average Bonchev–Trinajstić information content (AvgIpc) is 2.62. The molecule has 27 heavy (non-hydrogen) atoms. The van der Waals surface area contributed by atoms with Gasteiger partial charge in [0.1, 0.15) is 0 Å². The monoisotopic (exact) mass is 411 g/mol. The average molecular weight is 412 g/mol. The lowest BCUT2D eigenvalue weighted by atomic mass is 10.2. The number of amides is 1. The number of hydrogen-bond donors (Lipinski definition) is 1. The number of carbonyl (C=O) groups excluding carboxylic acids is 2. The molecule has 0 bridgehead atoms. The van der Waals surface area contributed by atoms with Gasteiger partial charge >= 0.3 is 5.97 Å². The molecule has 1 atom stereocenters. The highest BCUT2D eigenvalue weighted by Crippen LogP contribution is 2.28. The molecule has 2 aromatic rings. The van der Waals surface area contributed by atoms with Crippen LogP contribution in [0, 0.1) is 6.92 Å². The number of rotatable bonds is 7. The van der Waals surface area contributed by atoms with E-state index in [0.717, 1.165) is 5.56 Å². The van der Waals surface area contributed by atoms with Crippen LogP contribution in [0.25, 0.3) is 0 Å². The summed E-state index contributed by atoms with van der Waals surface area (Å²) < 4.78 is 15.7. The fourth-order valence-electron chi connectivity index (χ4n) is 2.14. The summed E-state index contributed by atoms with van der Waals surface area (Å²) in [7, 11) is 1.51. The smallest absolute Gasteiger partial charge is 0.344 e. The van der Waals surface area contributed by atoms with Gasteiger partial charge < -0.3 is 19.5 Å². The molecule has 0 fully saturated rings. The molecule has 1 N–H and O–H groups in total. The van der Waals surface area contributed by atoms with E-state index in [-0.39, 0.29) is 11.6 Å². The maximum atomic E-state index is 12.2. The van der Waals surface area contributed by atoms with Crippen molar-refractivity contribution in [1.29, 1.82) is 0 Å². The molecule has 0 spiro atoms. The van der Waals surface area contributed by atoms with E-state index in [0.29, 0.717) is 22.2 Å². The third kappa shape index (κ3) is 6.05. The molecule has 0 radical (unpaired) electrons. The first kappa shape index (κ1) is 20.9. The lowest BCUT2D eigenvalue weighted by Crippen LogP contribution is -2.31. The van der Waals surface area contributed by atoms with E-state index in [2.05, 4.69) is 5.32 Å². The third-order valence-corrected chi connectivity index (χ3v) is 4.08. The van der Waals surface area contributed by atoms with Gasteiger partial charge in [-0.2, -0.15) is 0 Å². The third-order valence-electron chi connectivity index (χ3n) is 3.53. The van der Waals surface area contributed by atoms with Gasteiger partial charge in [0.25, 0.3) is 5.91 Å².